The van der Waals surface area contributed by atoms with Gasteiger partial charge in [-0.05, 0) is 46.1 Å². The molecule has 0 aliphatic carbocycles. The van der Waals surface area contributed by atoms with Crippen molar-refractivity contribution in [2.24, 2.45) is 0 Å². The third-order valence-electron chi connectivity index (χ3n) is 4.07. The fourth-order valence-corrected chi connectivity index (χ4v) is 4.43. The fourth-order valence-electron chi connectivity index (χ4n) is 2.72. The molecule has 2 aliphatic heterocycles. The fraction of sp³-hybridized carbons (Fsp3) is 0.412. The molecule has 0 saturated carbocycles. The van der Waals surface area contributed by atoms with E-state index in [1.807, 2.05) is 0 Å². The zero-order chi connectivity index (χ0) is 17.8. The minimum atomic E-state index is -0.326. The lowest BCUT2D eigenvalue weighted by Gasteiger charge is -2.27. The smallest absolute Gasteiger partial charge is 0.266 e. The van der Waals surface area contributed by atoms with E-state index in [1.54, 1.807) is 23.1 Å². The molecular weight excluding hydrogens is 427 g/mol. The van der Waals surface area contributed by atoms with Gasteiger partial charge in [-0.1, -0.05) is 30.0 Å². The maximum absolute atomic E-state index is 13.3. The van der Waals surface area contributed by atoms with Gasteiger partial charge in [0.1, 0.15) is 10.1 Å². The third kappa shape index (κ3) is 4.89. The molecule has 0 N–H and O–H groups in total. The lowest BCUT2D eigenvalue weighted by atomic mass is 10.2. The van der Waals surface area contributed by atoms with Crippen LogP contribution in [-0.2, 0) is 9.53 Å². The molecule has 134 valence electrons. The lowest BCUT2D eigenvalue weighted by Crippen LogP contribution is -2.38. The first-order valence-electron chi connectivity index (χ1n) is 8.05. The second kappa shape index (κ2) is 8.73. The number of hydrogen-bond acceptors (Lipinski definition) is 5. The van der Waals surface area contributed by atoms with Gasteiger partial charge in [0.05, 0.1) is 22.6 Å². The van der Waals surface area contributed by atoms with Crippen LogP contribution in [0.3, 0.4) is 0 Å². The van der Waals surface area contributed by atoms with Crippen molar-refractivity contribution in [3.8, 4) is 0 Å². The van der Waals surface area contributed by atoms with Crippen LogP contribution in [0.1, 0.15) is 12.0 Å². The maximum atomic E-state index is 13.3. The number of hydrogen-bond donors (Lipinski definition) is 0. The molecule has 0 spiro atoms. The van der Waals surface area contributed by atoms with E-state index in [4.69, 9.17) is 17.0 Å². The number of amides is 1. The summed E-state index contributed by atoms with van der Waals surface area (Å²) >= 11 is 9.81. The molecule has 2 heterocycles. The van der Waals surface area contributed by atoms with Crippen LogP contribution in [0, 0.1) is 5.82 Å². The van der Waals surface area contributed by atoms with E-state index in [9.17, 15) is 9.18 Å². The topological polar surface area (TPSA) is 32.8 Å². The monoisotopic (exact) mass is 444 g/mol. The van der Waals surface area contributed by atoms with Gasteiger partial charge >= 0.3 is 0 Å². The van der Waals surface area contributed by atoms with Gasteiger partial charge in [0.2, 0.25) is 0 Å². The van der Waals surface area contributed by atoms with Crippen LogP contribution in [0.5, 0.6) is 0 Å². The van der Waals surface area contributed by atoms with E-state index in [0.29, 0.717) is 20.2 Å². The van der Waals surface area contributed by atoms with Crippen LogP contribution in [0.25, 0.3) is 6.08 Å². The number of carbonyl (C=O) groups is 1. The van der Waals surface area contributed by atoms with Crippen LogP contribution >= 0.6 is 39.9 Å². The Labute approximate surface area is 164 Å². The van der Waals surface area contributed by atoms with Crippen LogP contribution in [-0.4, -0.2) is 59.4 Å². The molecule has 0 atom stereocenters. The van der Waals surface area contributed by atoms with E-state index < -0.39 is 0 Å². The Morgan fingerprint density at radius 3 is 2.80 bits per heavy atom. The molecule has 2 saturated heterocycles. The number of thiocarbonyl (C=S) groups is 1. The van der Waals surface area contributed by atoms with Crippen molar-refractivity contribution in [2.45, 2.75) is 6.42 Å². The molecular formula is C17H18BrFN2O2S2. The summed E-state index contributed by atoms with van der Waals surface area (Å²) in [7, 11) is 0. The van der Waals surface area contributed by atoms with Crippen molar-refractivity contribution in [3.05, 3.63) is 39.0 Å². The summed E-state index contributed by atoms with van der Waals surface area (Å²) in [5.74, 6) is -0.398. The lowest BCUT2D eigenvalue weighted by molar-refractivity contribution is -0.122. The molecule has 0 unspecified atom stereocenters. The van der Waals surface area contributed by atoms with Gasteiger partial charge in [0.25, 0.3) is 5.91 Å². The van der Waals surface area contributed by atoms with Crippen molar-refractivity contribution in [3.63, 3.8) is 0 Å². The highest BCUT2D eigenvalue weighted by atomic mass is 79.9. The summed E-state index contributed by atoms with van der Waals surface area (Å²) in [5.41, 5.74) is 0.766. The van der Waals surface area contributed by atoms with Crippen LogP contribution < -0.4 is 0 Å². The van der Waals surface area contributed by atoms with E-state index in [-0.39, 0.29) is 11.7 Å². The van der Waals surface area contributed by atoms with Crippen molar-refractivity contribution in [1.29, 1.82) is 0 Å². The van der Waals surface area contributed by atoms with Crippen LogP contribution in [0.2, 0.25) is 0 Å². The van der Waals surface area contributed by atoms with Gasteiger partial charge in [-0.25, -0.2) is 4.39 Å². The van der Waals surface area contributed by atoms with E-state index in [2.05, 4.69) is 20.8 Å². The zero-order valence-corrected chi connectivity index (χ0v) is 16.8. The molecule has 1 aromatic carbocycles. The number of thioether (sulfide) groups is 1. The van der Waals surface area contributed by atoms with Gasteiger partial charge in [-0.2, -0.15) is 0 Å². The summed E-state index contributed by atoms with van der Waals surface area (Å²) in [6.45, 7) is 4.99. The number of ether oxygens (including phenoxy) is 1. The molecule has 1 aromatic rings. The first kappa shape index (κ1) is 19.0. The Kier molecular flexibility index (Phi) is 6.62. The van der Waals surface area contributed by atoms with Crippen molar-refractivity contribution in [2.75, 3.05) is 39.4 Å². The van der Waals surface area contributed by atoms with Gasteiger partial charge in [0, 0.05) is 26.2 Å². The summed E-state index contributed by atoms with van der Waals surface area (Å²) in [6, 6.07) is 4.67. The second-order valence-corrected chi connectivity index (χ2v) is 8.34. The van der Waals surface area contributed by atoms with Gasteiger partial charge in [-0.3, -0.25) is 14.6 Å². The van der Waals surface area contributed by atoms with E-state index >= 15 is 0 Å². The Bertz CT molecular complexity index is 708. The largest absolute Gasteiger partial charge is 0.379 e. The van der Waals surface area contributed by atoms with E-state index in [1.165, 1.54) is 17.8 Å². The van der Waals surface area contributed by atoms with Crippen molar-refractivity contribution < 1.29 is 13.9 Å². The average Bonchev–Trinajstić information content (AvgIpc) is 2.86. The predicted molar refractivity (Wildman–Crippen MR) is 106 cm³/mol. The quantitative estimate of drug-likeness (QED) is 0.512. The number of halogens is 2. The Morgan fingerprint density at radius 1 is 1.32 bits per heavy atom. The first-order chi connectivity index (χ1) is 12.0. The van der Waals surface area contributed by atoms with E-state index in [0.717, 1.165) is 44.8 Å². The molecule has 3 rings (SSSR count). The summed E-state index contributed by atoms with van der Waals surface area (Å²) in [5, 5.41) is 0. The molecule has 25 heavy (non-hydrogen) atoms. The Balaban J connectivity index is 1.59. The maximum Gasteiger partial charge on any atom is 0.266 e. The van der Waals surface area contributed by atoms with Gasteiger partial charge in [-0.15, -0.1) is 0 Å². The van der Waals surface area contributed by atoms with Gasteiger partial charge in [0.15, 0.2) is 0 Å². The summed E-state index contributed by atoms with van der Waals surface area (Å²) < 4.78 is 19.6. The van der Waals surface area contributed by atoms with Crippen molar-refractivity contribution >= 4 is 56.2 Å². The minimum absolute atomic E-state index is 0.0718. The highest BCUT2D eigenvalue weighted by Crippen LogP contribution is 2.33. The standard InChI is InChI=1S/C17H18BrFN2O2S2/c18-13-10-12(2-3-14(13)19)11-15-16(22)21(17(24)25-15)5-1-4-20-6-8-23-9-7-20/h2-3,10-11H,1,4-9H2/b15-11-. The van der Waals surface area contributed by atoms with Gasteiger partial charge < -0.3 is 4.74 Å². The number of nitrogens with zero attached hydrogens (tertiary/aromatic N) is 2. The molecule has 0 aromatic heterocycles. The molecule has 0 radical (unpaired) electrons. The first-order valence-corrected chi connectivity index (χ1v) is 10.1. The molecule has 1 amide bonds. The predicted octanol–water partition coefficient (Wildman–Crippen LogP) is 3.51. The number of carbonyl (C=O) groups excluding carboxylic acids is 1. The third-order valence-corrected chi connectivity index (χ3v) is 6.06. The zero-order valence-electron chi connectivity index (χ0n) is 13.5. The van der Waals surface area contributed by atoms with Crippen molar-refractivity contribution in [1.82, 2.24) is 9.80 Å². The molecule has 2 aliphatic rings. The number of morpholine rings is 1. The second-order valence-electron chi connectivity index (χ2n) is 5.81. The normalized spacial score (nSPS) is 20.7. The Morgan fingerprint density at radius 2 is 2.08 bits per heavy atom. The van der Waals surface area contributed by atoms with Crippen LogP contribution in [0.15, 0.2) is 27.6 Å². The molecule has 4 nitrogen and oxygen atoms in total. The summed E-state index contributed by atoms with van der Waals surface area (Å²) in [6.07, 6.45) is 2.63. The number of rotatable bonds is 5. The SMILES string of the molecule is O=C1/C(=C/c2ccc(F)c(Br)c2)SC(=S)N1CCCN1CCOCC1. The average molecular weight is 445 g/mol. The highest BCUT2D eigenvalue weighted by Gasteiger charge is 2.31. The Hall–Kier alpha value is -0.800. The summed E-state index contributed by atoms with van der Waals surface area (Å²) in [4.78, 5) is 17.2. The molecule has 2 fully saturated rings. The number of benzene rings is 1. The highest BCUT2D eigenvalue weighted by molar-refractivity contribution is 9.10. The molecule has 8 heteroatoms. The van der Waals surface area contributed by atoms with Crippen LogP contribution in [0.4, 0.5) is 4.39 Å². The minimum Gasteiger partial charge on any atom is -0.379 e. The molecule has 0 bridgehead atoms.